The summed E-state index contributed by atoms with van der Waals surface area (Å²) in [7, 11) is 0. The van der Waals surface area contributed by atoms with Gasteiger partial charge in [0.05, 0.1) is 6.54 Å². The van der Waals surface area contributed by atoms with Crippen molar-refractivity contribution in [2.75, 3.05) is 19.6 Å². The third-order valence-corrected chi connectivity index (χ3v) is 3.20. The second-order valence-electron chi connectivity index (χ2n) is 4.70. The van der Waals surface area contributed by atoms with E-state index in [1.165, 1.54) is 5.56 Å². The number of aliphatic carboxylic acids is 1. The van der Waals surface area contributed by atoms with E-state index in [0.29, 0.717) is 0 Å². The molecule has 1 atom stereocenters. The number of piperidine rings is 1. The quantitative estimate of drug-likeness (QED) is 0.805. The van der Waals surface area contributed by atoms with Gasteiger partial charge in [-0.25, -0.2) is 0 Å². The van der Waals surface area contributed by atoms with Crippen molar-refractivity contribution < 1.29 is 9.90 Å². The van der Waals surface area contributed by atoms with Gasteiger partial charge in [0.1, 0.15) is 0 Å². The lowest BCUT2D eigenvalue weighted by Gasteiger charge is -2.33. The zero-order valence-electron chi connectivity index (χ0n) is 10.4. The van der Waals surface area contributed by atoms with E-state index in [-0.39, 0.29) is 12.6 Å². The highest BCUT2D eigenvalue weighted by molar-refractivity contribution is 5.69. The fourth-order valence-electron chi connectivity index (χ4n) is 2.34. The van der Waals surface area contributed by atoms with Crippen LogP contribution in [0.2, 0.25) is 0 Å². The number of carboxylic acid groups (broad SMARTS) is 1. The predicted molar refractivity (Wildman–Crippen MR) is 68.2 cm³/mol. The molecule has 1 aromatic heterocycles. The van der Waals surface area contributed by atoms with E-state index < -0.39 is 5.97 Å². The minimum absolute atomic E-state index is 0.0494. The SMILES string of the molecule is O=C(O)CNC1CCCN(Cc2ccncc2)C1. The van der Waals surface area contributed by atoms with Crippen LogP contribution in [0.5, 0.6) is 0 Å². The molecule has 1 aliphatic rings. The maximum atomic E-state index is 10.5. The molecule has 5 heteroatoms. The molecule has 5 nitrogen and oxygen atoms in total. The number of likely N-dealkylation sites (tertiary alicyclic amines) is 1. The summed E-state index contributed by atoms with van der Waals surface area (Å²) in [4.78, 5) is 16.9. The Labute approximate surface area is 107 Å². The van der Waals surface area contributed by atoms with Crippen LogP contribution >= 0.6 is 0 Å². The van der Waals surface area contributed by atoms with Gasteiger partial charge >= 0.3 is 5.97 Å². The lowest BCUT2D eigenvalue weighted by atomic mass is 10.0. The Bertz CT molecular complexity index is 383. The summed E-state index contributed by atoms with van der Waals surface area (Å²) in [5.74, 6) is -0.791. The number of nitrogens with one attached hydrogen (secondary N) is 1. The number of carbonyl (C=O) groups is 1. The Morgan fingerprint density at radius 2 is 2.28 bits per heavy atom. The molecule has 1 fully saturated rings. The van der Waals surface area contributed by atoms with Gasteiger partial charge in [0.15, 0.2) is 0 Å². The van der Waals surface area contributed by atoms with Gasteiger partial charge in [-0.15, -0.1) is 0 Å². The summed E-state index contributed by atoms with van der Waals surface area (Å²) in [5.41, 5.74) is 1.25. The molecule has 0 spiro atoms. The van der Waals surface area contributed by atoms with Gasteiger partial charge in [-0.1, -0.05) is 0 Å². The predicted octanol–water partition coefficient (Wildman–Crippen LogP) is 0.720. The Balaban J connectivity index is 1.81. The molecule has 0 aliphatic carbocycles. The Morgan fingerprint density at radius 3 is 3.00 bits per heavy atom. The number of hydrogen-bond acceptors (Lipinski definition) is 4. The Kier molecular flexibility index (Phi) is 4.66. The highest BCUT2D eigenvalue weighted by Gasteiger charge is 2.19. The third kappa shape index (κ3) is 4.09. The molecule has 2 rings (SSSR count). The fourth-order valence-corrected chi connectivity index (χ4v) is 2.34. The Morgan fingerprint density at radius 1 is 1.50 bits per heavy atom. The zero-order valence-corrected chi connectivity index (χ0v) is 10.4. The molecule has 18 heavy (non-hydrogen) atoms. The molecule has 2 heterocycles. The van der Waals surface area contributed by atoms with Gasteiger partial charge in [-0.3, -0.25) is 14.7 Å². The fraction of sp³-hybridized carbons (Fsp3) is 0.538. The average molecular weight is 249 g/mol. The van der Waals surface area contributed by atoms with E-state index in [9.17, 15) is 4.79 Å². The smallest absolute Gasteiger partial charge is 0.317 e. The standard InChI is InChI=1S/C13H19N3O2/c17-13(18)8-15-12-2-1-7-16(10-12)9-11-3-5-14-6-4-11/h3-6,12,15H,1-2,7-10H2,(H,17,18). The van der Waals surface area contributed by atoms with Crippen LogP contribution in [0.3, 0.4) is 0 Å². The van der Waals surface area contributed by atoms with Crippen molar-refractivity contribution in [2.24, 2.45) is 0 Å². The second-order valence-corrected chi connectivity index (χ2v) is 4.70. The summed E-state index contributed by atoms with van der Waals surface area (Å²) < 4.78 is 0. The highest BCUT2D eigenvalue weighted by Crippen LogP contribution is 2.13. The zero-order chi connectivity index (χ0) is 12.8. The number of rotatable bonds is 5. The maximum absolute atomic E-state index is 10.5. The monoisotopic (exact) mass is 249 g/mol. The summed E-state index contributed by atoms with van der Waals surface area (Å²) in [6.07, 6.45) is 5.78. The number of carboxylic acids is 1. The van der Waals surface area contributed by atoms with Crippen LogP contribution < -0.4 is 5.32 Å². The van der Waals surface area contributed by atoms with Crippen LogP contribution in [0.25, 0.3) is 0 Å². The van der Waals surface area contributed by atoms with Crippen LogP contribution in [0.4, 0.5) is 0 Å². The summed E-state index contributed by atoms with van der Waals surface area (Å²) >= 11 is 0. The molecular formula is C13H19N3O2. The van der Waals surface area contributed by atoms with Gasteiger partial charge in [0, 0.05) is 31.5 Å². The van der Waals surface area contributed by atoms with Crippen LogP contribution in [-0.4, -0.2) is 46.6 Å². The summed E-state index contributed by atoms with van der Waals surface area (Å²) in [6, 6.07) is 4.33. The van der Waals surface area contributed by atoms with Gasteiger partial charge in [-0.2, -0.15) is 0 Å². The first kappa shape index (κ1) is 13.0. The van der Waals surface area contributed by atoms with Gasteiger partial charge in [-0.05, 0) is 37.1 Å². The number of hydrogen-bond donors (Lipinski definition) is 2. The minimum atomic E-state index is -0.791. The van der Waals surface area contributed by atoms with E-state index >= 15 is 0 Å². The van der Waals surface area contributed by atoms with Crippen molar-refractivity contribution in [3.63, 3.8) is 0 Å². The van der Waals surface area contributed by atoms with Crippen molar-refractivity contribution in [1.82, 2.24) is 15.2 Å². The molecule has 1 aromatic rings. The van der Waals surface area contributed by atoms with Crippen LogP contribution in [0.15, 0.2) is 24.5 Å². The van der Waals surface area contributed by atoms with Crippen molar-refractivity contribution in [3.8, 4) is 0 Å². The molecule has 0 bridgehead atoms. The molecule has 1 unspecified atom stereocenters. The molecule has 1 saturated heterocycles. The Hall–Kier alpha value is -1.46. The van der Waals surface area contributed by atoms with Crippen LogP contribution in [0.1, 0.15) is 18.4 Å². The van der Waals surface area contributed by atoms with Gasteiger partial charge in [0.25, 0.3) is 0 Å². The largest absolute Gasteiger partial charge is 0.480 e. The summed E-state index contributed by atoms with van der Waals surface area (Å²) in [6.45, 7) is 2.95. The third-order valence-electron chi connectivity index (χ3n) is 3.20. The molecule has 2 N–H and O–H groups in total. The molecule has 0 aromatic carbocycles. The lowest BCUT2D eigenvalue weighted by molar-refractivity contribution is -0.136. The number of aromatic nitrogens is 1. The van der Waals surface area contributed by atoms with E-state index in [0.717, 1.165) is 32.5 Å². The molecule has 0 saturated carbocycles. The molecule has 0 amide bonds. The lowest BCUT2D eigenvalue weighted by Crippen LogP contribution is -2.46. The van der Waals surface area contributed by atoms with Crippen molar-refractivity contribution in [3.05, 3.63) is 30.1 Å². The first-order valence-electron chi connectivity index (χ1n) is 6.30. The highest BCUT2D eigenvalue weighted by atomic mass is 16.4. The van der Waals surface area contributed by atoms with Gasteiger partial charge < -0.3 is 10.4 Å². The first-order valence-corrected chi connectivity index (χ1v) is 6.30. The second kappa shape index (κ2) is 6.47. The molecular weight excluding hydrogens is 230 g/mol. The van der Waals surface area contributed by atoms with E-state index in [2.05, 4.69) is 15.2 Å². The van der Waals surface area contributed by atoms with Crippen LogP contribution in [0, 0.1) is 0 Å². The van der Waals surface area contributed by atoms with E-state index in [1.807, 2.05) is 12.1 Å². The molecule has 1 aliphatic heterocycles. The summed E-state index contributed by atoms with van der Waals surface area (Å²) in [5, 5.41) is 11.7. The average Bonchev–Trinajstić information content (AvgIpc) is 2.38. The number of nitrogens with zero attached hydrogens (tertiary/aromatic N) is 2. The minimum Gasteiger partial charge on any atom is -0.480 e. The maximum Gasteiger partial charge on any atom is 0.317 e. The van der Waals surface area contributed by atoms with Crippen molar-refractivity contribution in [2.45, 2.75) is 25.4 Å². The molecule has 98 valence electrons. The topological polar surface area (TPSA) is 65.5 Å². The normalized spacial score (nSPS) is 20.8. The van der Waals surface area contributed by atoms with E-state index in [4.69, 9.17) is 5.11 Å². The van der Waals surface area contributed by atoms with E-state index in [1.54, 1.807) is 12.4 Å². The molecule has 0 radical (unpaired) electrons. The van der Waals surface area contributed by atoms with Crippen LogP contribution in [-0.2, 0) is 11.3 Å². The van der Waals surface area contributed by atoms with Crippen molar-refractivity contribution in [1.29, 1.82) is 0 Å². The van der Waals surface area contributed by atoms with Crippen molar-refractivity contribution >= 4 is 5.97 Å². The first-order chi connectivity index (χ1) is 8.74. The van der Waals surface area contributed by atoms with Gasteiger partial charge in [0.2, 0.25) is 0 Å². The number of pyridine rings is 1.